The summed E-state index contributed by atoms with van der Waals surface area (Å²) in [4.78, 5) is 29.5. The fourth-order valence-corrected chi connectivity index (χ4v) is 3.86. The van der Waals surface area contributed by atoms with E-state index < -0.39 is 11.2 Å². The van der Waals surface area contributed by atoms with Gasteiger partial charge < -0.3 is 10.6 Å². The number of halogens is 1. The summed E-state index contributed by atoms with van der Waals surface area (Å²) in [6, 6.07) is 13.0. The number of anilines is 2. The number of rotatable bonds is 0. The van der Waals surface area contributed by atoms with Crippen molar-refractivity contribution in [1.29, 1.82) is 0 Å². The van der Waals surface area contributed by atoms with Crippen molar-refractivity contribution in [1.82, 2.24) is 14.8 Å². The van der Waals surface area contributed by atoms with E-state index in [1.54, 1.807) is 6.92 Å². The van der Waals surface area contributed by atoms with E-state index >= 15 is 0 Å². The van der Waals surface area contributed by atoms with E-state index in [1.807, 2.05) is 42.5 Å². The third-order valence-corrected chi connectivity index (χ3v) is 5.21. The van der Waals surface area contributed by atoms with Crippen LogP contribution in [0.25, 0.3) is 11.4 Å². The van der Waals surface area contributed by atoms with Crippen molar-refractivity contribution < 1.29 is 4.79 Å². The van der Waals surface area contributed by atoms with Crippen LogP contribution in [-0.4, -0.2) is 20.7 Å². The third-order valence-electron chi connectivity index (χ3n) is 4.72. The Labute approximate surface area is 156 Å². The van der Waals surface area contributed by atoms with Crippen LogP contribution in [-0.2, 0) is 10.5 Å². The lowest BCUT2D eigenvalue weighted by Crippen LogP contribution is -2.53. The molecule has 0 unspecified atom stereocenters. The van der Waals surface area contributed by atoms with Crippen molar-refractivity contribution >= 4 is 33.2 Å². The molecule has 0 bridgehead atoms. The van der Waals surface area contributed by atoms with Gasteiger partial charge in [0.15, 0.2) is 5.82 Å². The number of amides is 1. The number of aromatic nitrogens is 3. The Balaban J connectivity index is 1.92. The van der Waals surface area contributed by atoms with Crippen molar-refractivity contribution in [2.45, 2.75) is 12.6 Å². The maximum Gasteiger partial charge on any atom is 0.294 e. The quantitative estimate of drug-likeness (QED) is 0.595. The topological polar surface area (TPSA) is 88.9 Å². The largest absolute Gasteiger partial charge is 0.349 e. The molecule has 0 saturated carbocycles. The number of hydrogen-bond donors (Lipinski definition) is 2. The lowest BCUT2D eigenvalue weighted by molar-refractivity contribution is -0.121. The van der Waals surface area contributed by atoms with E-state index in [9.17, 15) is 9.59 Å². The van der Waals surface area contributed by atoms with E-state index in [1.165, 1.54) is 4.68 Å². The summed E-state index contributed by atoms with van der Waals surface area (Å²) < 4.78 is 2.35. The number of fused-ring (bicyclic) bond motifs is 6. The summed E-state index contributed by atoms with van der Waals surface area (Å²) in [5.74, 6) is 0.0802. The zero-order chi connectivity index (χ0) is 18.1. The van der Waals surface area contributed by atoms with Gasteiger partial charge in [0, 0.05) is 27.0 Å². The maximum absolute atomic E-state index is 13.1. The zero-order valence-corrected chi connectivity index (χ0v) is 15.2. The van der Waals surface area contributed by atoms with Gasteiger partial charge in [0.1, 0.15) is 5.69 Å². The Morgan fingerprint density at radius 2 is 1.92 bits per heavy atom. The molecule has 2 aromatic carbocycles. The van der Waals surface area contributed by atoms with E-state index in [4.69, 9.17) is 0 Å². The van der Waals surface area contributed by atoms with E-state index in [-0.39, 0.29) is 11.6 Å². The van der Waals surface area contributed by atoms with Crippen molar-refractivity contribution in [3.63, 3.8) is 0 Å². The predicted octanol–water partition coefficient (Wildman–Crippen LogP) is 2.45. The fraction of sp³-hybridized carbons (Fsp3) is 0.111. The SMILES string of the molecule is Cc1nn2c(nc1=O)-c1ccccc1N[C@@]21C(=O)Nc2ccc(Br)cc21. The minimum Gasteiger partial charge on any atom is -0.349 e. The van der Waals surface area contributed by atoms with E-state index in [2.05, 4.69) is 36.6 Å². The number of para-hydroxylation sites is 1. The molecule has 1 atom stereocenters. The highest BCUT2D eigenvalue weighted by molar-refractivity contribution is 9.10. The van der Waals surface area contributed by atoms with Gasteiger partial charge in [0.2, 0.25) is 5.66 Å². The van der Waals surface area contributed by atoms with Crippen LogP contribution in [0.15, 0.2) is 51.7 Å². The number of nitrogens with one attached hydrogen (secondary N) is 2. The smallest absolute Gasteiger partial charge is 0.294 e. The number of hydrogen-bond acceptors (Lipinski definition) is 5. The molecule has 2 aliphatic heterocycles. The third kappa shape index (κ3) is 1.82. The zero-order valence-electron chi connectivity index (χ0n) is 13.6. The van der Waals surface area contributed by atoms with Gasteiger partial charge in [0.05, 0.1) is 0 Å². The van der Waals surface area contributed by atoms with E-state index in [0.29, 0.717) is 22.8 Å². The van der Waals surface area contributed by atoms with Gasteiger partial charge in [-0.3, -0.25) is 9.59 Å². The molecule has 0 fully saturated rings. The Morgan fingerprint density at radius 1 is 1.12 bits per heavy atom. The highest BCUT2D eigenvalue weighted by Gasteiger charge is 2.53. The monoisotopic (exact) mass is 409 g/mol. The Morgan fingerprint density at radius 3 is 2.77 bits per heavy atom. The van der Waals surface area contributed by atoms with Crippen LogP contribution in [0, 0.1) is 6.92 Å². The summed E-state index contributed by atoms with van der Waals surface area (Å²) in [5.41, 5.74) is 1.35. The highest BCUT2D eigenvalue weighted by atomic mass is 79.9. The van der Waals surface area contributed by atoms with Gasteiger partial charge in [-0.2, -0.15) is 10.1 Å². The lowest BCUT2D eigenvalue weighted by Gasteiger charge is -2.37. The van der Waals surface area contributed by atoms with Gasteiger partial charge in [-0.15, -0.1) is 0 Å². The molecular weight excluding hydrogens is 398 g/mol. The number of benzene rings is 2. The maximum atomic E-state index is 13.1. The van der Waals surface area contributed by atoms with Crippen molar-refractivity contribution in [3.8, 4) is 11.4 Å². The van der Waals surface area contributed by atoms with Crippen LogP contribution in [0.3, 0.4) is 0 Å². The number of carbonyl (C=O) groups excluding carboxylic acids is 1. The van der Waals surface area contributed by atoms with E-state index in [0.717, 1.165) is 10.0 Å². The molecule has 1 aromatic heterocycles. The van der Waals surface area contributed by atoms with Crippen LogP contribution in [0.2, 0.25) is 0 Å². The second kappa shape index (κ2) is 5.01. The van der Waals surface area contributed by atoms with Gasteiger partial charge in [-0.25, -0.2) is 4.68 Å². The molecule has 0 saturated heterocycles. The first-order valence-corrected chi connectivity index (χ1v) is 8.77. The summed E-state index contributed by atoms with van der Waals surface area (Å²) in [7, 11) is 0. The fourth-order valence-electron chi connectivity index (χ4n) is 3.50. The van der Waals surface area contributed by atoms with Crippen LogP contribution < -0.4 is 16.2 Å². The first-order valence-electron chi connectivity index (χ1n) is 7.98. The molecule has 26 heavy (non-hydrogen) atoms. The number of nitrogens with zero attached hydrogens (tertiary/aromatic N) is 3. The Bertz CT molecular complexity index is 1170. The molecule has 5 rings (SSSR count). The molecule has 0 aliphatic carbocycles. The second-order valence-corrected chi connectivity index (χ2v) is 7.18. The summed E-state index contributed by atoms with van der Waals surface area (Å²) in [6.45, 7) is 1.59. The Kier molecular flexibility index (Phi) is 2.94. The number of aryl methyl sites for hydroxylation is 1. The normalized spacial score (nSPS) is 19.4. The van der Waals surface area contributed by atoms with Crippen LogP contribution in [0.1, 0.15) is 11.3 Å². The van der Waals surface area contributed by atoms with Crippen molar-refractivity contribution in [2.24, 2.45) is 0 Å². The predicted molar refractivity (Wildman–Crippen MR) is 99.9 cm³/mol. The molecule has 128 valence electrons. The first kappa shape index (κ1) is 15.3. The lowest BCUT2D eigenvalue weighted by atomic mass is 9.96. The highest BCUT2D eigenvalue weighted by Crippen LogP contribution is 2.46. The molecule has 8 heteroatoms. The van der Waals surface area contributed by atoms with Crippen LogP contribution >= 0.6 is 15.9 Å². The average Bonchev–Trinajstić information content (AvgIpc) is 2.89. The molecule has 2 N–H and O–H groups in total. The van der Waals surface area contributed by atoms with Gasteiger partial charge in [0.25, 0.3) is 11.5 Å². The van der Waals surface area contributed by atoms with Gasteiger partial charge >= 0.3 is 0 Å². The molecular formula is C18H12BrN5O2. The molecule has 0 radical (unpaired) electrons. The van der Waals surface area contributed by atoms with Gasteiger partial charge in [-0.1, -0.05) is 28.1 Å². The summed E-state index contributed by atoms with van der Waals surface area (Å²) in [6.07, 6.45) is 0. The first-order chi connectivity index (χ1) is 12.5. The van der Waals surface area contributed by atoms with Crippen molar-refractivity contribution in [3.05, 3.63) is 68.5 Å². The minimum atomic E-state index is -1.31. The molecule has 3 heterocycles. The van der Waals surface area contributed by atoms with Crippen LogP contribution in [0.5, 0.6) is 0 Å². The van der Waals surface area contributed by atoms with Gasteiger partial charge in [-0.05, 0) is 37.3 Å². The molecule has 2 aliphatic rings. The molecule has 1 amide bonds. The summed E-state index contributed by atoms with van der Waals surface area (Å²) >= 11 is 3.47. The second-order valence-electron chi connectivity index (χ2n) is 6.26. The van der Waals surface area contributed by atoms with Crippen molar-refractivity contribution in [2.75, 3.05) is 10.6 Å². The van der Waals surface area contributed by atoms with Crippen LogP contribution in [0.4, 0.5) is 11.4 Å². The Hall–Kier alpha value is -3.00. The molecule has 1 spiro atoms. The number of carbonyl (C=O) groups is 1. The summed E-state index contributed by atoms with van der Waals surface area (Å²) in [5, 5.41) is 10.7. The minimum absolute atomic E-state index is 0.227. The standard InChI is InChI=1S/C18H12BrN5O2/c1-9-16(25)21-15-11-4-2-3-5-13(11)22-18(24(15)23-9)12-8-10(19)6-7-14(12)20-17(18)26/h2-8,22H,1H3,(H,20,26)/t18-/m1/s1. The molecule has 3 aromatic rings. The molecule has 7 nitrogen and oxygen atoms in total. The average molecular weight is 410 g/mol.